The van der Waals surface area contributed by atoms with Crippen LogP contribution in [0.5, 0.6) is 0 Å². The summed E-state index contributed by atoms with van der Waals surface area (Å²) in [6.07, 6.45) is 3.40. The third-order valence-electron chi connectivity index (χ3n) is 5.27. The van der Waals surface area contributed by atoms with Gasteiger partial charge in [0.25, 0.3) is 0 Å². The lowest BCUT2D eigenvalue weighted by molar-refractivity contribution is -0.142. The fourth-order valence-electron chi connectivity index (χ4n) is 3.47. The van der Waals surface area contributed by atoms with Gasteiger partial charge in [-0.25, -0.2) is 0 Å². The van der Waals surface area contributed by atoms with Crippen molar-refractivity contribution in [3.8, 4) is 0 Å². The SMILES string of the molecule is COC(=O)C[C@@H](NC(=O)C1CCN(C(=O)C2CC2)CC1)c1cccc(Br)c1. The topological polar surface area (TPSA) is 75.7 Å². The highest BCUT2D eigenvalue weighted by Gasteiger charge is 2.36. The Labute approximate surface area is 167 Å². The molecule has 1 saturated carbocycles. The Morgan fingerprint density at radius 1 is 1.19 bits per heavy atom. The number of halogens is 1. The van der Waals surface area contributed by atoms with Crippen molar-refractivity contribution >= 4 is 33.7 Å². The maximum atomic E-state index is 12.8. The first kappa shape index (κ1) is 19.9. The second kappa shape index (κ2) is 8.87. The van der Waals surface area contributed by atoms with E-state index in [1.165, 1.54) is 7.11 Å². The zero-order valence-corrected chi connectivity index (χ0v) is 17.0. The Morgan fingerprint density at radius 2 is 1.89 bits per heavy atom. The van der Waals surface area contributed by atoms with Crippen LogP contribution in [0.3, 0.4) is 0 Å². The van der Waals surface area contributed by atoms with E-state index < -0.39 is 6.04 Å². The molecule has 2 aliphatic rings. The molecule has 0 radical (unpaired) electrons. The van der Waals surface area contributed by atoms with E-state index >= 15 is 0 Å². The minimum Gasteiger partial charge on any atom is -0.469 e. The minimum absolute atomic E-state index is 0.0672. The summed E-state index contributed by atoms with van der Waals surface area (Å²) in [6.45, 7) is 1.26. The maximum absolute atomic E-state index is 12.8. The van der Waals surface area contributed by atoms with Crippen molar-refractivity contribution in [3.63, 3.8) is 0 Å². The van der Waals surface area contributed by atoms with Crippen LogP contribution in [0.1, 0.15) is 43.7 Å². The van der Waals surface area contributed by atoms with Crippen molar-refractivity contribution in [3.05, 3.63) is 34.3 Å². The fourth-order valence-corrected chi connectivity index (χ4v) is 3.88. The Kier molecular flexibility index (Phi) is 6.52. The van der Waals surface area contributed by atoms with Crippen LogP contribution in [-0.4, -0.2) is 42.9 Å². The van der Waals surface area contributed by atoms with Gasteiger partial charge in [0, 0.05) is 29.4 Å². The Balaban J connectivity index is 1.60. The molecule has 1 N–H and O–H groups in total. The summed E-state index contributed by atoms with van der Waals surface area (Å²) in [4.78, 5) is 38.6. The second-order valence-electron chi connectivity index (χ2n) is 7.27. The van der Waals surface area contributed by atoms with Crippen molar-refractivity contribution in [2.75, 3.05) is 20.2 Å². The lowest BCUT2D eigenvalue weighted by Crippen LogP contribution is -2.44. The normalized spacial score (nSPS) is 18.7. The minimum atomic E-state index is -0.437. The van der Waals surface area contributed by atoms with E-state index in [2.05, 4.69) is 21.2 Å². The highest BCUT2D eigenvalue weighted by atomic mass is 79.9. The number of hydrogen-bond acceptors (Lipinski definition) is 4. The van der Waals surface area contributed by atoms with Crippen molar-refractivity contribution in [1.82, 2.24) is 10.2 Å². The molecule has 27 heavy (non-hydrogen) atoms. The molecule has 2 fully saturated rings. The molecule has 0 spiro atoms. The second-order valence-corrected chi connectivity index (χ2v) is 8.19. The van der Waals surface area contributed by atoms with Gasteiger partial charge in [-0.15, -0.1) is 0 Å². The Hall–Kier alpha value is -1.89. The van der Waals surface area contributed by atoms with Gasteiger partial charge < -0.3 is 15.0 Å². The van der Waals surface area contributed by atoms with Gasteiger partial charge in [-0.1, -0.05) is 28.1 Å². The summed E-state index contributed by atoms with van der Waals surface area (Å²) >= 11 is 3.43. The quantitative estimate of drug-likeness (QED) is 0.695. The maximum Gasteiger partial charge on any atom is 0.307 e. The van der Waals surface area contributed by atoms with Gasteiger partial charge in [-0.2, -0.15) is 0 Å². The number of amides is 2. The zero-order chi connectivity index (χ0) is 19.4. The van der Waals surface area contributed by atoms with Gasteiger partial charge in [0.15, 0.2) is 0 Å². The molecule has 3 rings (SSSR count). The summed E-state index contributed by atoms with van der Waals surface area (Å²) < 4.78 is 5.67. The number of hydrogen-bond donors (Lipinski definition) is 1. The van der Waals surface area contributed by atoms with Gasteiger partial charge in [0.2, 0.25) is 11.8 Å². The van der Waals surface area contributed by atoms with Gasteiger partial charge in [-0.05, 0) is 43.4 Å². The molecule has 1 aliphatic carbocycles. The first-order valence-electron chi connectivity index (χ1n) is 9.39. The van der Waals surface area contributed by atoms with Crippen molar-refractivity contribution < 1.29 is 19.1 Å². The summed E-state index contributed by atoms with van der Waals surface area (Å²) in [5.74, 6) is -0.115. The van der Waals surface area contributed by atoms with Crippen LogP contribution >= 0.6 is 15.9 Å². The van der Waals surface area contributed by atoms with E-state index in [9.17, 15) is 14.4 Å². The van der Waals surface area contributed by atoms with Crippen molar-refractivity contribution in [2.45, 2.75) is 38.1 Å². The van der Waals surface area contributed by atoms with E-state index in [1.807, 2.05) is 29.2 Å². The lowest BCUT2D eigenvalue weighted by atomic mass is 9.94. The predicted octanol–water partition coefficient (Wildman–Crippen LogP) is 2.82. The number of carbonyl (C=O) groups is 3. The Morgan fingerprint density at radius 3 is 2.48 bits per heavy atom. The molecule has 1 heterocycles. The van der Waals surface area contributed by atoms with Gasteiger partial charge in [-0.3, -0.25) is 14.4 Å². The van der Waals surface area contributed by atoms with Crippen molar-refractivity contribution in [1.29, 1.82) is 0 Å². The van der Waals surface area contributed by atoms with Crippen LogP contribution in [0.25, 0.3) is 0 Å². The highest BCUT2D eigenvalue weighted by molar-refractivity contribution is 9.10. The average Bonchev–Trinajstić information content (AvgIpc) is 3.52. The highest BCUT2D eigenvalue weighted by Crippen LogP contribution is 2.32. The molecule has 6 nitrogen and oxygen atoms in total. The zero-order valence-electron chi connectivity index (χ0n) is 15.4. The average molecular weight is 437 g/mol. The monoisotopic (exact) mass is 436 g/mol. The number of benzene rings is 1. The van der Waals surface area contributed by atoms with E-state index in [-0.39, 0.29) is 36.0 Å². The van der Waals surface area contributed by atoms with Crippen LogP contribution in [0.15, 0.2) is 28.7 Å². The number of nitrogens with one attached hydrogen (secondary N) is 1. The third-order valence-corrected chi connectivity index (χ3v) is 5.76. The van der Waals surface area contributed by atoms with E-state index in [1.54, 1.807) is 0 Å². The van der Waals surface area contributed by atoms with E-state index in [4.69, 9.17) is 4.74 Å². The van der Waals surface area contributed by atoms with Crippen LogP contribution in [0, 0.1) is 11.8 Å². The van der Waals surface area contributed by atoms with Crippen LogP contribution in [-0.2, 0) is 19.1 Å². The first-order chi connectivity index (χ1) is 13.0. The molecule has 1 aliphatic heterocycles. The molecule has 0 bridgehead atoms. The molecule has 7 heteroatoms. The number of nitrogens with zero attached hydrogens (tertiary/aromatic N) is 1. The van der Waals surface area contributed by atoms with E-state index in [0.717, 1.165) is 22.9 Å². The summed E-state index contributed by atoms with van der Waals surface area (Å²) in [6, 6.07) is 7.11. The summed E-state index contributed by atoms with van der Waals surface area (Å²) in [5, 5.41) is 3.01. The summed E-state index contributed by atoms with van der Waals surface area (Å²) in [5.41, 5.74) is 0.851. The summed E-state index contributed by atoms with van der Waals surface area (Å²) in [7, 11) is 1.34. The largest absolute Gasteiger partial charge is 0.469 e. The van der Waals surface area contributed by atoms with Gasteiger partial charge in [0.1, 0.15) is 0 Å². The first-order valence-corrected chi connectivity index (χ1v) is 10.2. The van der Waals surface area contributed by atoms with E-state index in [0.29, 0.717) is 25.9 Å². The van der Waals surface area contributed by atoms with Gasteiger partial charge in [0.05, 0.1) is 19.6 Å². The number of ether oxygens (including phenoxy) is 1. The molecule has 0 unspecified atom stereocenters. The van der Waals surface area contributed by atoms with Crippen LogP contribution in [0.2, 0.25) is 0 Å². The third kappa shape index (κ3) is 5.31. The molecular weight excluding hydrogens is 412 g/mol. The molecule has 1 saturated heterocycles. The number of rotatable bonds is 6. The van der Waals surface area contributed by atoms with Gasteiger partial charge >= 0.3 is 5.97 Å². The molecule has 146 valence electrons. The smallest absolute Gasteiger partial charge is 0.307 e. The molecule has 1 aromatic carbocycles. The number of esters is 1. The molecule has 1 atom stereocenters. The number of piperidine rings is 1. The lowest BCUT2D eigenvalue weighted by Gasteiger charge is -2.32. The fraction of sp³-hybridized carbons (Fsp3) is 0.550. The molecule has 1 aromatic rings. The standard InChI is InChI=1S/C20H25BrN2O4/c1-27-18(24)12-17(15-3-2-4-16(21)11-15)22-19(25)13-7-9-23(10-8-13)20(26)14-5-6-14/h2-4,11,13-14,17H,5-10,12H2,1H3,(H,22,25)/t17-/m1/s1. The van der Waals surface area contributed by atoms with Crippen molar-refractivity contribution in [2.24, 2.45) is 11.8 Å². The molecule has 2 amide bonds. The number of likely N-dealkylation sites (tertiary alicyclic amines) is 1. The number of methoxy groups -OCH3 is 1. The van der Waals surface area contributed by atoms with Crippen LogP contribution in [0.4, 0.5) is 0 Å². The molecular formula is C20H25BrN2O4. The Bertz CT molecular complexity index is 712. The van der Waals surface area contributed by atoms with Crippen LogP contribution < -0.4 is 5.32 Å². The number of carbonyl (C=O) groups excluding carboxylic acids is 3. The predicted molar refractivity (Wildman–Crippen MR) is 104 cm³/mol. The molecule has 0 aromatic heterocycles.